The van der Waals surface area contributed by atoms with Crippen molar-refractivity contribution in [3.05, 3.63) is 42.4 Å². The van der Waals surface area contributed by atoms with Gasteiger partial charge in [0.25, 0.3) is 0 Å². The first-order chi connectivity index (χ1) is 12.6. The average molecular weight is 353 g/mol. The molecule has 0 saturated carbocycles. The zero-order valence-electron chi connectivity index (χ0n) is 14.6. The molecule has 1 fully saturated rings. The van der Waals surface area contributed by atoms with Crippen LogP contribution in [0.25, 0.3) is 16.7 Å². The number of nitrogens with one attached hydrogen (secondary N) is 1. The lowest BCUT2D eigenvalue weighted by Crippen LogP contribution is -2.30. The van der Waals surface area contributed by atoms with Gasteiger partial charge in [0.05, 0.1) is 24.0 Å². The van der Waals surface area contributed by atoms with Gasteiger partial charge in [-0.15, -0.1) is 0 Å². The van der Waals surface area contributed by atoms with E-state index in [1.165, 1.54) is 6.92 Å². The number of carbonyl (C=O) groups is 1. The van der Waals surface area contributed by atoms with E-state index in [1.54, 1.807) is 30.3 Å². The molecule has 8 nitrogen and oxygen atoms in total. The minimum atomic E-state index is -0.526. The molecule has 1 aliphatic rings. The van der Waals surface area contributed by atoms with Crippen LogP contribution in [0.4, 0.5) is 5.82 Å². The molecule has 1 saturated heterocycles. The number of anilines is 1. The van der Waals surface area contributed by atoms with Crippen molar-refractivity contribution in [3.63, 3.8) is 0 Å². The molecule has 0 bridgehead atoms. The van der Waals surface area contributed by atoms with Gasteiger partial charge in [-0.1, -0.05) is 6.07 Å². The molecule has 1 unspecified atom stereocenters. The fraction of sp³-hybridized carbons (Fsp3) is 0.333. The van der Waals surface area contributed by atoms with Crippen LogP contribution in [0.2, 0.25) is 0 Å². The molecule has 1 atom stereocenters. The van der Waals surface area contributed by atoms with E-state index in [-0.39, 0.29) is 5.91 Å². The van der Waals surface area contributed by atoms with Crippen molar-refractivity contribution in [1.29, 1.82) is 0 Å². The van der Waals surface area contributed by atoms with E-state index >= 15 is 0 Å². The zero-order valence-corrected chi connectivity index (χ0v) is 14.6. The van der Waals surface area contributed by atoms with Gasteiger partial charge < -0.3 is 14.8 Å². The van der Waals surface area contributed by atoms with E-state index in [2.05, 4.69) is 15.4 Å². The van der Waals surface area contributed by atoms with Gasteiger partial charge in [0.2, 0.25) is 5.91 Å². The van der Waals surface area contributed by atoms with E-state index in [4.69, 9.17) is 14.5 Å². The van der Waals surface area contributed by atoms with Crippen molar-refractivity contribution in [2.24, 2.45) is 0 Å². The smallest absolute Gasteiger partial charge is 0.222 e. The molecule has 134 valence electrons. The fourth-order valence-electron chi connectivity index (χ4n) is 3.16. The van der Waals surface area contributed by atoms with Gasteiger partial charge in [-0.05, 0) is 12.1 Å². The molecule has 1 amide bonds. The molecule has 3 aromatic heterocycles. The maximum atomic E-state index is 11.3. The second-order valence-corrected chi connectivity index (χ2v) is 6.25. The molecule has 1 aliphatic heterocycles. The molecule has 4 rings (SSSR count). The second-order valence-electron chi connectivity index (χ2n) is 6.25. The Kier molecular flexibility index (Phi) is 4.14. The normalized spacial score (nSPS) is 19.8. The van der Waals surface area contributed by atoms with Crippen LogP contribution < -0.4 is 5.32 Å². The van der Waals surface area contributed by atoms with Gasteiger partial charge in [-0.25, -0.2) is 14.6 Å². The third kappa shape index (κ3) is 2.83. The molecule has 26 heavy (non-hydrogen) atoms. The highest BCUT2D eigenvalue weighted by Gasteiger charge is 2.38. The standard InChI is InChI=1S/C18H19N5O3/c1-12(24)21-16-8-14-13(9-19-16)10-20-23(14)17-5-3-4-15(22-17)18(25-2)6-7-26-11-18/h3-5,8-10H,6-7,11H2,1-2H3,(H,19,21,24). The summed E-state index contributed by atoms with van der Waals surface area (Å²) in [5.74, 6) is 0.965. The van der Waals surface area contributed by atoms with Crippen molar-refractivity contribution in [3.8, 4) is 5.82 Å². The van der Waals surface area contributed by atoms with E-state index in [1.807, 2.05) is 18.2 Å². The lowest BCUT2D eigenvalue weighted by molar-refractivity contribution is -0.114. The number of nitrogens with zero attached hydrogens (tertiary/aromatic N) is 4. The lowest BCUT2D eigenvalue weighted by atomic mass is 9.98. The Bertz CT molecular complexity index is 962. The lowest BCUT2D eigenvalue weighted by Gasteiger charge is -2.25. The third-order valence-electron chi connectivity index (χ3n) is 4.55. The summed E-state index contributed by atoms with van der Waals surface area (Å²) in [7, 11) is 1.68. The Morgan fingerprint density at radius 3 is 3.00 bits per heavy atom. The summed E-state index contributed by atoms with van der Waals surface area (Å²) >= 11 is 0. The topological polar surface area (TPSA) is 91.2 Å². The summed E-state index contributed by atoms with van der Waals surface area (Å²) in [6.45, 7) is 2.58. The van der Waals surface area contributed by atoms with E-state index in [0.717, 1.165) is 23.0 Å². The average Bonchev–Trinajstić information content (AvgIpc) is 3.29. The van der Waals surface area contributed by atoms with Crippen LogP contribution >= 0.6 is 0 Å². The Balaban J connectivity index is 1.78. The minimum Gasteiger partial charge on any atom is -0.378 e. The number of pyridine rings is 2. The Hall–Kier alpha value is -2.84. The molecule has 4 heterocycles. The van der Waals surface area contributed by atoms with Crippen molar-refractivity contribution in [2.45, 2.75) is 18.9 Å². The van der Waals surface area contributed by atoms with Crippen LogP contribution in [-0.2, 0) is 19.9 Å². The molecule has 0 aromatic carbocycles. The monoisotopic (exact) mass is 353 g/mol. The Morgan fingerprint density at radius 1 is 1.38 bits per heavy atom. The van der Waals surface area contributed by atoms with Gasteiger partial charge in [0.1, 0.15) is 11.4 Å². The minimum absolute atomic E-state index is 0.175. The fourth-order valence-corrected chi connectivity index (χ4v) is 3.16. The number of carbonyl (C=O) groups excluding carboxylic acids is 1. The number of amides is 1. The molecular weight excluding hydrogens is 334 g/mol. The van der Waals surface area contributed by atoms with E-state index in [0.29, 0.717) is 24.8 Å². The van der Waals surface area contributed by atoms with Crippen molar-refractivity contribution < 1.29 is 14.3 Å². The Morgan fingerprint density at radius 2 is 2.27 bits per heavy atom. The van der Waals surface area contributed by atoms with Crippen LogP contribution in [0.1, 0.15) is 19.0 Å². The number of fused-ring (bicyclic) bond motifs is 1. The summed E-state index contributed by atoms with van der Waals surface area (Å²) in [6.07, 6.45) is 4.16. The van der Waals surface area contributed by atoms with Crippen LogP contribution in [0, 0.1) is 0 Å². The second kappa shape index (κ2) is 6.47. The van der Waals surface area contributed by atoms with Crippen LogP contribution in [-0.4, -0.2) is 46.0 Å². The highest BCUT2D eigenvalue weighted by molar-refractivity contribution is 5.90. The van der Waals surface area contributed by atoms with Crippen molar-refractivity contribution in [2.75, 3.05) is 25.6 Å². The van der Waals surface area contributed by atoms with Crippen LogP contribution in [0.15, 0.2) is 36.7 Å². The SMILES string of the molecule is COC1(c2cccc(-n3ncc4cnc(NC(C)=O)cc43)n2)CCOC1. The largest absolute Gasteiger partial charge is 0.378 e. The van der Waals surface area contributed by atoms with Crippen LogP contribution in [0.3, 0.4) is 0 Å². The maximum Gasteiger partial charge on any atom is 0.222 e. The Labute approximate surface area is 150 Å². The maximum absolute atomic E-state index is 11.3. The summed E-state index contributed by atoms with van der Waals surface area (Å²) < 4.78 is 13.0. The molecule has 0 aliphatic carbocycles. The van der Waals surface area contributed by atoms with E-state index < -0.39 is 5.60 Å². The van der Waals surface area contributed by atoms with Crippen molar-refractivity contribution in [1.82, 2.24) is 19.7 Å². The summed E-state index contributed by atoms with van der Waals surface area (Å²) in [5, 5.41) is 7.98. The van der Waals surface area contributed by atoms with Gasteiger partial charge in [-0.2, -0.15) is 5.10 Å². The highest BCUT2D eigenvalue weighted by Crippen LogP contribution is 2.33. The van der Waals surface area contributed by atoms with Crippen LogP contribution in [0.5, 0.6) is 0 Å². The summed E-state index contributed by atoms with van der Waals surface area (Å²) in [5.41, 5.74) is 1.10. The number of aromatic nitrogens is 4. The third-order valence-corrected chi connectivity index (χ3v) is 4.55. The molecule has 3 aromatic rings. The molecule has 1 N–H and O–H groups in total. The number of rotatable bonds is 4. The van der Waals surface area contributed by atoms with Gasteiger partial charge in [0.15, 0.2) is 5.82 Å². The first-order valence-corrected chi connectivity index (χ1v) is 8.33. The molecule has 0 spiro atoms. The quantitative estimate of drug-likeness (QED) is 0.772. The number of ether oxygens (including phenoxy) is 2. The van der Waals surface area contributed by atoms with Gasteiger partial charge in [-0.3, -0.25) is 4.79 Å². The first-order valence-electron chi connectivity index (χ1n) is 8.33. The predicted molar refractivity (Wildman–Crippen MR) is 95.1 cm³/mol. The van der Waals surface area contributed by atoms with Gasteiger partial charge in [0, 0.05) is 44.7 Å². The number of hydrogen-bond donors (Lipinski definition) is 1. The molecule has 8 heteroatoms. The van der Waals surface area contributed by atoms with E-state index in [9.17, 15) is 4.79 Å². The first kappa shape index (κ1) is 16.6. The summed E-state index contributed by atoms with van der Waals surface area (Å²) in [4.78, 5) is 20.3. The highest BCUT2D eigenvalue weighted by atomic mass is 16.5. The zero-order chi connectivity index (χ0) is 18.1. The number of methoxy groups -OCH3 is 1. The number of hydrogen-bond acceptors (Lipinski definition) is 6. The summed E-state index contributed by atoms with van der Waals surface area (Å²) in [6, 6.07) is 7.54. The molecule has 0 radical (unpaired) electrons. The van der Waals surface area contributed by atoms with Crippen molar-refractivity contribution >= 4 is 22.6 Å². The molecular formula is C18H19N5O3. The predicted octanol–water partition coefficient (Wildman–Crippen LogP) is 2.04. The van der Waals surface area contributed by atoms with Gasteiger partial charge >= 0.3 is 0 Å².